The maximum atomic E-state index is 12.9. The van der Waals surface area contributed by atoms with Gasteiger partial charge in [0.2, 0.25) is 5.95 Å². The molecular weight excluding hydrogens is 362 g/mol. The lowest BCUT2D eigenvalue weighted by Crippen LogP contribution is -2.48. The quantitative estimate of drug-likeness (QED) is 0.693. The Hall–Kier alpha value is -3.41. The van der Waals surface area contributed by atoms with Crippen molar-refractivity contribution >= 4 is 23.2 Å². The molecule has 0 unspecified atom stereocenters. The molecule has 2 aromatic carbocycles. The predicted molar refractivity (Wildman–Crippen MR) is 114 cm³/mol. The second-order valence-corrected chi connectivity index (χ2v) is 7.42. The molecule has 146 valence electrons. The summed E-state index contributed by atoms with van der Waals surface area (Å²) in [5, 5.41) is 0. The summed E-state index contributed by atoms with van der Waals surface area (Å²) in [5.74, 6) is 0.659. The molecule has 2 aliphatic heterocycles. The Balaban J connectivity index is 1.25. The lowest BCUT2D eigenvalue weighted by atomic mass is 10.2. The zero-order valence-corrected chi connectivity index (χ0v) is 16.2. The molecule has 5 rings (SSSR count). The van der Waals surface area contributed by atoms with Crippen LogP contribution in [-0.4, -0.2) is 53.5 Å². The third kappa shape index (κ3) is 3.42. The number of benzene rings is 2. The van der Waals surface area contributed by atoms with Crippen molar-refractivity contribution in [2.45, 2.75) is 6.42 Å². The van der Waals surface area contributed by atoms with Gasteiger partial charge in [0.1, 0.15) is 0 Å². The Morgan fingerprint density at radius 1 is 0.793 bits per heavy atom. The molecule has 1 fully saturated rings. The van der Waals surface area contributed by atoms with Crippen molar-refractivity contribution in [3.8, 4) is 0 Å². The zero-order valence-electron chi connectivity index (χ0n) is 16.2. The second-order valence-electron chi connectivity index (χ2n) is 7.42. The van der Waals surface area contributed by atoms with Crippen LogP contribution in [0.4, 0.5) is 17.3 Å². The summed E-state index contributed by atoms with van der Waals surface area (Å²) in [6.45, 7) is 3.94. The van der Waals surface area contributed by atoms with Gasteiger partial charge < -0.3 is 14.7 Å². The van der Waals surface area contributed by atoms with Crippen LogP contribution in [0.5, 0.6) is 0 Å². The number of para-hydroxylation sites is 2. The van der Waals surface area contributed by atoms with Crippen molar-refractivity contribution in [3.63, 3.8) is 0 Å². The molecule has 0 atom stereocenters. The number of piperazine rings is 1. The Labute approximate surface area is 170 Å². The normalized spacial score (nSPS) is 16.1. The number of amides is 1. The third-order valence-electron chi connectivity index (χ3n) is 5.70. The lowest BCUT2D eigenvalue weighted by Gasteiger charge is -2.36. The van der Waals surface area contributed by atoms with Gasteiger partial charge in [-0.2, -0.15) is 0 Å². The minimum atomic E-state index is 0.00563. The average Bonchev–Trinajstić information content (AvgIpc) is 3.24. The maximum absolute atomic E-state index is 12.9. The summed E-state index contributed by atoms with van der Waals surface area (Å²) in [6.07, 6.45) is 4.32. The summed E-state index contributed by atoms with van der Waals surface area (Å²) < 4.78 is 0. The van der Waals surface area contributed by atoms with E-state index in [4.69, 9.17) is 0 Å². The van der Waals surface area contributed by atoms with E-state index in [2.05, 4.69) is 50.1 Å². The Morgan fingerprint density at radius 2 is 1.48 bits per heavy atom. The molecule has 6 nitrogen and oxygen atoms in total. The molecule has 1 amide bonds. The van der Waals surface area contributed by atoms with Crippen LogP contribution in [0.25, 0.3) is 0 Å². The monoisotopic (exact) mass is 385 g/mol. The van der Waals surface area contributed by atoms with Crippen molar-refractivity contribution in [2.75, 3.05) is 42.5 Å². The molecule has 3 aromatic rings. The number of hydrogen-bond acceptors (Lipinski definition) is 5. The molecule has 29 heavy (non-hydrogen) atoms. The van der Waals surface area contributed by atoms with E-state index in [0.717, 1.165) is 31.7 Å². The molecule has 1 saturated heterocycles. The van der Waals surface area contributed by atoms with Crippen LogP contribution < -0.4 is 9.80 Å². The van der Waals surface area contributed by atoms with Crippen molar-refractivity contribution < 1.29 is 4.79 Å². The summed E-state index contributed by atoms with van der Waals surface area (Å²) in [5.41, 5.74) is 4.23. The second kappa shape index (κ2) is 7.54. The number of aromatic nitrogens is 2. The summed E-state index contributed by atoms with van der Waals surface area (Å²) >= 11 is 0. The molecule has 1 aromatic heterocycles. The third-order valence-corrected chi connectivity index (χ3v) is 5.70. The molecule has 2 aliphatic rings. The Kier molecular flexibility index (Phi) is 4.60. The van der Waals surface area contributed by atoms with E-state index in [-0.39, 0.29) is 5.91 Å². The van der Waals surface area contributed by atoms with Crippen LogP contribution in [0.2, 0.25) is 0 Å². The van der Waals surface area contributed by atoms with Gasteiger partial charge in [-0.3, -0.25) is 4.79 Å². The van der Waals surface area contributed by atoms with Crippen LogP contribution in [0.1, 0.15) is 15.9 Å². The number of carbonyl (C=O) groups excluding carboxylic acids is 1. The fraction of sp³-hybridized carbons (Fsp3) is 0.261. The fourth-order valence-electron chi connectivity index (χ4n) is 4.11. The van der Waals surface area contributed by atoms with Gasteiger partial charge in [0, 0.05) is 56.5 Å². The molecular formula is C23H23N5O. The first-order valence-corrected chi connectivity index (χ1v) is 10.1. The van der Waals surface area contributed by atoms with Crippen molar-refractivity contribution in [3.05, 3.63) is 78.1 Å². The van der Waals surface area contributed by atoms with E-state index in [1.807, 2.05) is 29.2 Å². The molecule has 0 N–H and O–H groups in total. The molecule has 3 heterocycles. The lowest BCUT2D eigenvalue weighted by molar-refractivity contribution is 0.0746. The number of fused-ring (bicyclic) bond motifs is 1. The standard InChI is InChI=1S/C23H23N5O/c29-22(27-14-12-26(13-15-27)20-7-2-1-3-8-20)19-16-24-23(25-17-19)28-11-10-18-6-4-5-9-21(18)28/h1-9,16-17H,10-15H2. The van der Waals surface area contributed by atoms with E-state index in [1.165, 1.54) is 11.3 Å². The molecule has 6 heteroatoms. The Morgan fingerprint density at radius 3 is 2.24 bits per heavy atom. The average molecular weight is 385 g/mol. The number of nitrogens with zero attached hydrogens (tertiary/aromatic N) is 5. The van der Waals surface area contributed by atoms with Gasteiger partial charge in [-0.05, 0) is 30.2 Å². The highest BCUT2D eigenvalue weighted by atomic mass is 16.2. The summed E-state index contributed by atoms with van der Waals surface area (Å²) in [7, 11) is 0. The highest BCUT2D eigenvalue weighted by Crippen LogP contribution is 2.32. The smallest absolute Gasteiger partial charge is 0.257 e. The number of anilines is 3. The van der Waals surface area contributed by atoms with Gasteiger partial charge in [-0.15, -0.1) is 0 Å². The van der Waals surface area contributed by atoms with Crippen LogP contribution in [0, 0.1) is 0 Å². The van der Waals surface area contributed by atoms with Crippen LogP contribution in [-0.2, 0) is 6.42 Å². The maximum Gasteiger partial charge on any atom is 0.257 e. The number of carbonyl (C=O) groups is 1. The van der Waals surface area contributed by atoms with Crippen molar-refractivity contribution in [1.82, 2.24) is 14.9 Å². The first kappa shape index (κ1) is 17.7. The highest BCUT2D eigenvalue weighted by Gasteiger charge is 2.25. The number of hydrogen-bond donors (Lipinski definition) is 0. The Bertz CT molecular complexity index is 997. The SMILES string of the molecule is O=C(c1cnc(N2CCc3ccccc32)nc1)N1CCN(c2ccccc2)CC1. The fourth-order valence-corrected chi connectivity index (χ4v) is 4.11. The van der Waals surface area contributed by atoms with Gasteiger partial charge in [0.15, 0.2) is 0 Å². The van der Waals surface area contributed by atoms with Crippen LogP contribution in [0.15, 0.2) is 67.0 Å². The zero-order chi connectivity index (χ0) is 19.6. The molecule has 0 bridgehead atoms. The van der Waals surface area contributed by atoms with Crippen molar-refractivity contribution in [2.24, 2.45) is 0 Å². The van der Waals surface area contributed by atoms with E-state index >= 15 is 0 Å². The number of rotatable bonds is 3. The topological polar surface area (TPSA) is 52.6 Å². The predicted octanol–water partition coefficient (Wildman–Crippen LogP) is 3.13. The molecule has 0 spiro atoms. The largest absolute Gasteiger partial charge is 0.368 e. The van der Waals surface area contributed by atoms with Crippen LogP contribution in [0.3, 0.4) is 0 Å². The van der Waals surface area contributed by atoms with E-state index in [0.29, 0.717) is 24.6 Å². The van der Waals surface area contributed by atoms with Crippen molar-refractivity contribution in [1.29, 1.82) is 0 Å². The van der Waals surface area contributed by atoms with Gasteiger partial charge in [-0.25, -0.2) is 9.97 Å². The summed E-state index contributed by atoms with van der Waals surface area (Å²) in [6, 6.07) is 18.7. The van der Waals surface area contributed by atoms with E-state index < -0.39 is 0 Å². The van der Waals surface area contributed by atoms with Gasteiger partial charge in [-0.1, -0.05) is 36.4 Å². The van der Waals surface area contributed by atoms with Gasteiger partial charge >= 0.3 is 0 Å². The van der Waals surface area contributed by atoms with E-state index in [9.17, 15) is 4.79 Å². The summed E-state index contributed by atoms with van der Waals surface area (Å²) in [4.78, 5) is 28.2. The minimum absolute atomic E-state index is 0.00563. The molecule has 0 aliphatic carbocycles. The molecule has 0 radical (unpaired) electrons. The van der Waals surface area contributed by atoms with Gasteiger partial charge in [0.25, 0.3) is 5.91 Å². The van der Waals surface area contributed by atoms with E-state index in [1.54, 1.807) is 12.4 Å². The first-order valence-electron chi connectivity index (χ1n) is 10.1. The van der Waals surface area contributed by atoms with Crippen LogP contribution >= 0.6 is 0 Å². The van der Waals surface area contributed by atoms with Gasteiger partial charge in [0.05, 0.1) is 5.56 Å². The molecule has 0 saturated carbocycles. The first-order chi connectivity index (χ1) is 14.3. The highest BCUT2D eigenvalue weighted by molar-refractivity contribution is 5.94. The minimum Gasteiger partial charge on any atom is -0.368 e.